The van der Waals surface area contributed by atoms with Crippen LogP contribution < -0.4 is 0 Å². The maximum atomic E-state index is 8.60. The van der Waals surface area contributed by atoms with Crippen molar-refractivity contribution >= 4 is 0 Å². The molecule has 2 rings (SSSR count). The standard InChI is InChI=1S/C19H31N/c1-2-3-5-16-7-11-18(12-8-16)19-13-9-17(10-14-19)6-4-15-20/h4,6,16-19H,2-3,5,7-14H2,1H3/t16-,17?,18-,19?. The molecule has 2 saturated carbocycles. The van der Waals surface area contributed by atoms with Gasteiger partial charge in [0.15, 0.2) is 0 Å². The average Bonchev–Trinajstić information content (AvgIpc) is 2.52. The minimum atomic E-state index is 0.687. The molecule has 1 nitrogen and oxygen atoms in total. The summed E-state index contributed by atoms with van der Waals surface area (Å²) in [5.41, 5.74) is 0. The number of unbranched alkanes of at least 4 members (excludes halogenated alkanes) is 1. The van der Waals surface area contributed by atoms with E-state index in [2.05, 4.69) is 19.1 Å². The van der Waals surface area contributed by atoms with E-state index in [1.54, 1.807) is 6.08 Å². The summed E-state index contributed by atoms with van der Waals surface area (Å²) in [6, 6.07) is 2.13. The zero-order valence-electron chi connectivity index (χ0n) is 13.2. The molecule has 0 aliphatic heterocycles. The van der Waals surface area contributed by atoms with Gasteiger partial charge in [-0.3, -0.25) is 0 Å². The molecule has 0 saturated heterocycles. The first kappa shape index (κ1) is 15.6. The van der Waals surface area contributed by atoms with Crippen LogP contribution in [0.3, 0.4) is 0 Å². The maximum Gasteiger partial charge on any atom is 0.0908 e. The Hall–Kier alpha value is -0.770. The van der Waals surface area contributed by atoms with Crippen LogP contribution in [-0.2, 0) is 0 Å². The highest BCUT2D eigenvalue weighted by molar-refractivity contribution is 5.04. The minimum Gasteiger partial charge on any atom is -0.193 e. The number of allylic oxidation sites excluding steroid dienone is 2. The predicted molar refractivity (Wildman–Crippen MR) is 85.2 cm³/mol. The lowest BCUT2D eigenvalue weighted by molar-refractivity contribution is 0.152. The van der Waals surface area contributed by atoms with Gasteiger partial charge < -0.3 is 0 Å². The summed E-state index contributed by atoms with van der Waals surface area (Å²) in [6.45, 7) is 2.31. The molecule has 2 aliphatic rings. The Morgan fingerprint density at radius 2 is 1.55 bits per heavy atom. The quantitative estimate of drug-likeness (QED) is 0.575. The second-order valence-corrected chi connectivity index (χ2v) is 7.09. The number of rotatable bonds is 5. The first-order chi connectivity index (χ1) is 9.83. The molecular formula is C19H31N. The fourth-order valence-corrected chi connectivity index (χ4v) is 4.43. The van der Waals surface area contributed by atoms with Crippen LogP contribution in [0.1, 0.15) is 77.6 Å². The second-order valence-electron chi connectivity index (χ2n) is 7.09. The maximum absolute atomic E-state index is 8.60. The summed E-state index contributed by atoms with van der Waals surface area (Å²) in [6.07, 6.45) is 19.5. The Morgan fingerprint density at radius 3 is 2.10 bits per heavy atom. The molecule has 20 heavy (non-hydrogen) atoms. The summed E-state index contributed by atoms with van der Waals surface area (Å²) in [4.78, 5) is 0. The van der Waals surface area contributed by atoms with Gasteiger partial charge in [-0.1, -0.05) is 45.1 Å². The topological polar surface area (TPSA) is 23.8 Å². The third kappa shape index (κ3) is 4.65. The molecule has 0 N–H and O–H groups in total. The molecule has 0 heterocycles. The molecule has 2 aliphatic carbocycles. The van der Waals surface area contributed by atoms with Gasteiger partial charge in [0.25, 0.3) is 0 Å². The summed E-state index contributed by atoms with van der Waals surface area (Å²) in [5, 5.41) is 8.60. The van der Waals surface area contributed by atoms with Crippen molar-refractivity contribution in [3.63, 3.8) is 0 Å². The van der Waals surface area contributed by atoms with E-state index in [1.807, 2.05) is 0 Å². The molecule has 112 valence electrons. The number of hydrogen-bond acceptors (Lipinski definition) is 1. The van der Waals surface area contributed by atoms with E-state index < -0.39 is 0 Å². The van der Waals surface area contributed by atoms with Crippen LogP contribution in [0.5, 0.6) is 0 Å². The summed E-state index contributed by atoms with van der Waals surface area (Å²) in [5.74, 6) is 3.75. The molecule has 0 unspecified atom stereocenters. The first-order valence-electron chi connectivity index (χ1n) is 8.89. The van der Waals surface area contributed by atoms with Crippen LogP contribution >= 0.6 is 0 Å². The van der Waals surface area contributed by atoms with Crippen LogP contribution in [0.25, 0.3) is 0 Å². The molecule has 0 amide bonds. The SMILES string of the molecule is CCCC[C@H]1CC[C@H](C2CCC(C=CC#N)CC2)CC1. The molecule has 0 bridgehead atoms. The normalized spacial score (nSPS) is 35.0. The highest BCUT2D eigenvalue weighted by Crippen LogP contribution is 2.42. The fourth-order valence-electron chi connectivity index (χ4n) is 4.43. The Balaban J connectivity index is 1.68. The van der Waals surface area contributed by atoms with Gasteiger partial charge in [-0.05, 0) is 62.2 Å². The molecule has 0 aromatic heterocycles. The Morgan fingerprint density at radius 1 is 0.950 bits per heavy atom. The van der Waals surface area contributed by atoms with Crippen LogP contribution in [-0.4, -0.2) is 0 Å². The van der Waals surface area contributed by atoms with E-state index >= 15 is 0 Å². The number of hydrogen-bond donors (Lipinski definition) is 0. The number of nitriles is 1. The van der Waals surface area contributed by atoms with E-state index in [0.717, 1.165) is 17.8 Å². The first-order valence-corrected chi connectivity index (χ1v) is 8.89. The third-order valence-electron chi connectivity index (χ3n) is 5.78. The van der Waals surface area contributed by atoms with Gasteiger partial charge in [0.05, 0.1) is 6.07 Å². The zero-order chi connectivity index (χ0) is 14.2. The molecule has 0 aromatic rings. The average molecular weight is 273 g/mol. The Bertz CT molecular complexity index is 322. The minimum absolute atomic E-state index is 0.687. The van der Waals surface area contributed by atoms with Gasteiger partial charge in [0.1, 0.15) is 0 Å². The Kier molecular flexibility index (Phi) is 6.64. The molecular weight excluding hydrogens is 242 g/mol. The monoisotopic (exact) mass is 273 g/mol. The molecule has 0 radical (unpaired) electrons. The van der Waals surface area contributed by atoms with E-state index in [1.165, 1.54) is 70.6 Å². The smallest absolute Gasteiger partial charge is 0.0908 e. The van der Waals surface area contributed by atoms with E-state index in [4.69, 9.17) is 5.26 Å². The van der Waals surface area contributed by atoms with Crippen molar-refractivity contribution in [3.8, 4) is 6.07 Å². The van der Waals surface area contributed by atoms with Gasteiger partial charge in [0.2, 0.25) is 0 Å². The van der Waals surface area contributed by atoms with Gasteiger partial charge in [-0.2, -0.15) is 5.26 Å². The summed E-state index contributed by atoms with van der Waals surface area (Å²) in [7, 11) is 0. The predicted octanol–water partition coefficient (Wildman–Crippen LogP) is 5.87. The van der Waals surface area contributed by atoms with Crippen molar-refractivity contribution in [3.05, 3.63) is 12.2 Å². The molecule has 2 fully saturated rings. The van der Waals surface area contributed by atoms with Crippen molar-refractivity contribution in [2.45, 2.75) is 77.6 Å². The lowest BCUT2D eigenvalue weighted by Crippen LogP contribution is -2.25. The van der Waals surface area contributed by atoms with Crippen LogP contribution in [0.2, 0.25) is 0 Å². The lowest BCUT2D eigenvalue weighted by Gasteiger charge is -2.37. The molecule has 0 spiro atoms. The molecule has 1 heteroatoms. The summed E-state index contributed by atoms with van der Waals surface area (Å²) < 4.78 is 0. The molecule has 0 atom stereocenters. The van der Waals surface area contributed by atoms with Gasteiger partial charge in [0, 0.05) is 6.08 Å². The van der Waals surface area contributed by atoms with Crippen LogP contribution in [0, 0.1) is 35.0 Å². The number of nitrogens with zero attached hydrogens (tertiary/aromatic N) is 1. The lowest BCUT2D eigenvalue weighted by atomic mass is 9.68. The van der Waals surface area contributed by atoms with Crippen molar-refractivity contribution in [2.75, 3.05) is 0 Å². The van der Waals surface area contributed by atoms with Crippen molar-refractivity contribution in [2.24, 2.45) is 23.7 Å². The van der Waals surface area contributed by atoms with Gasteiger partial charge >= 0.3 is 0 Å². The van der Waals surface area contributed by atoms with Gasteiger partial charge in [-0.15, -0.1) is 0 Å². The van der Waals surface area contributed by atoms with Crippen molar-refractivity contribution in [1.29, 1.82) is 5.26 Å². The zero-order valence-corrected chi connectivity index (χ0v) is 13.2. The van der Waals surface area contributed by atoms with Gasteiger partial charge in [-0.25, -0.2) is 0 Å². The van der Waals surface area contributed by atoms with Crippen LogP contribution in [0.4, 0.5) is 0 Å². The Labute approximate surface area is 125 Å². The largest absolute Gasteiger partial charge is 0.193 e. The van der Waals surface area contributed by atoms with E-state index in [-0.39, 0.29) is 0 Å². The van der Waals surface area contributed by atoms with Crippen molar-refractivity contribution < 1.29 is 0 Å². The third-order valence-corrected chi connectivity index (χ3v) is 5.78. The van der Waals surface area contributed by atoms with E-state index in [0.29, 0.717) is 5.92 Å². The highest BCUT2D eigenvalue weighted by Gasteiger charge is 2.29. The van der Waals surface area contributed by atoms with E-state index in [9.17, 15) is 0 Å². The van der Waals surface area contributed by atoms with Crippen LogP contribution in [0.15, 0.2) is 12.2 Å². The fraction of sp³-hybridized carbons (Fsp3) is 0.842. The van der Waals surface area contributed by atoms with Crippen molar-refractivity contribution in [1.82, 2.24) is 0 Å². The summed E-state index contributed by atoms with van der Waals surface area (Å²) >= 11 is 0. The second kappa shape index (κ2) is 8.50. The highest BCUT2D eigenvalue weighted by atomic mass is 14.4. The molecule has 0 aromatic carbocycles.